The van der Waals surface area contributed by atoms with E-state index in [1.54, 1.807) is 0 Å². The summed E-state index contributed by atoms with van der Waals surface area (Å²) in [4.78, 5) is 3.94. The molecular weight excluding hydrogens is 359 g/mol. The van der Waals surface area contributed by atoms with Crippen LogP contribution in [0.25, 0.3) is 0 Å². The Hall–Kier alpha value is -1.24. The van der Waals surface area contributed by atoms with Crippen molar-refractivity contribution in [1.82, 2.24) is 10.6 Å². The van der Waals surface area contributed by atoms with Crippen molar-refractivity contribution in [2.24, 2.45) is 4.99 Å². The molecule has 7 heteroatoms. The number of nitrogens with one attached hydrogen (secondary N) is 2. The number of rotatable bonds is 5. The van der Waals surface area contributed by atoms with Crippen LogP contribution in [0.4, 0.5) is 13.2 Å². The molecule has 0 fully saturated rings. The molecule has 0 heterocycles. The Kier molecular flexibility index (Phi) is 6.71. The zero-order valence-corrected chi connectivity index (χ0v) is 14.5. The van der Waals surface area contributed by atoms with Crippen LogP contribution in [0, 0.1) is 0 Å². The second-order valence-electron chi connectivity index (χ2n) is 5.58. The first-order chi connectivity index (χ1) is 10.2. The fraction of sp³-hybridized carbons (Fsp3) is 0.533. The number of hydrogen-bond donors (Lipinski definition) is 2. The first-order valence-corrected chi connectivity index (χ1v) is 7.71. The van der Waals surface area contributed by atoms with Crippen LogP contribution < -0.4 is 10.6 Å². The lowest BCUT2D eigenvalue weighted by molar-refractivity contribution is -0.132. The van der Waals surface area contributed by atoms with E-state index in [0.717, 1.165) is 10.0 Å². The van der Waals surface area contributed by atoms with E-state index in [4.69, 9.17) is 0 Å². The van der Waals surface area contributed by atoms with Crippen molar-refractivity contribution in [3.8, 4) is 0 Å². The van der Waals surface area contributed by atoms with Gasteiger partial charge in [-0.05, 0) is 11.6 Å². The molecule has 0 saturated carbocycles. The van der Waals surface area contributed by atoms with Gasteiger partial charge in [0.2, 0.25) is 0 Å². The normalized spacial score (nSPS) is 13.1. The molecule has 0 aliphatic rings. The number of aliphatic imine (C=N–C) groups is 1. The van der Waals surface area contributed by atoms with Crippen LogP contribution in [0.15, 0.2) is 33.7 Å². The molecule has 0 amide bonds. The van der Waals surface area contributed by atoms with E-state index in [1.807, 2.05) is 24.3 Å². The lowest BCUT2D eigenvalue weighted by atomic mass is 9.84. The highest BCUT2D eigenvalue weighted by Crippen LogP contribution is 2.29. The third-order valence-corrected chi connectivity index (χ3v) is 3.92. The van der Waals surface area contributed by atoms with Crippen LogP contribution in [0.3, 0.4) is 0 Å². The summed E-state index contributed by atoms with van der Waals surface area (Å²) >= 11 is 3.52. The van der Waals surface area contributed by atoms with E-state index in [2.05, 4.69) is 45.4 Å². The maximum absolute atomic E-state index is 12.1. The molecule has 0 atom stereocenters. The van der Waals surface area contributed by atoms with Crippen molar-refractivity contribution in [2.45, 2.75) is 31.9 Å². The van der Waals surface area contributed by atoms with Crippen molar-refractivity contribution >= 4 is 21.9 Å². The summed E-state index contributed by atoms with van der Waals surface area (Å²) in [5.74, 6) is 0.365. The Morgan fingerprint density at radius 1 is 1.18 bits per heavy atom. The molecule has 0 unspecified atom stereocenters. The van der Waals surface area contributed by atoms with Gasteiger partial charge < -0.3 is 10.6 Å². The van der Waals surface area contributed by atoms with Gasteiger partial charge in [-0.25, -0.2) is 0 Å². The van der Waals surface area contributed by atoms with E-state index in [1.165, 1.54) is 7.05 Å². The van der Waals surface area contributed by atoms with Crippen molar-refractivity contribution in [3.05, 3.63) is 34.3 Å². The molecule has 0 aliphatic carbocycles. The summed E-state index contributed by atoms with van der Waals surface area (Å²) in [6.45, 7) is 4.46. The predicted molar refractivity (Wildman–Crippen MR) is 87.2 cm³/mol. The molecule has 0 radical (unpaired) electrons. The molecule has 0 spiro atoms. The van der Waals surface area contributed by atoms with Gasteiger partial charge in [0.05, 0.1) is 6.42 Å². The molecule has 0 aromatic heterocycles. The fourth-order valence-electron chi connectivity index (χ4n) is 1.95. The van der Waals surface area contributed by atoms with Gasteiger partial charge in [0.25, 0.3) is 0 Å². The number of alkyl halides is 3. The summed E-state index contributed by atoms with van der Waals surface area (Å²) in [6, 6.07) is 7.88. The molecule has 2 N–H and O–H groups in total. The SMILES string of the molecule is CN=C(NCCC(F)(F)F)NCC(C)(C)c1ccccc1Br. The van der Waals surface area contributed by atoms with E-state index < -0.39 is 12.6 Å². The second-order valence-corrected chi connectivity index (χ2v) is 6.44. The highest BCUT2D eigenvalue weighted by atomic mass is 79.9. The van der Waals surface area contributed by atoms with Crippen LogP contribution in [0.2, 0.25) is 0 Å². The van der Waals surface area contributed by atoms with E-state index >= 15 is 0 Å². The number of benzene rings is 1. The summed E-state index contributed by atoms with van der Waals surface area (Å²) < 4.78 is 37.4. The van der Waals surface area contributed by atoms with Crippen molar-refractivity contribution < 1.29 is 13.2 Å². The van der Waals surface area contributed by atoms with Crippen molar-refractivity contribution in [3.63, 3.8) is 0 Å². The van der Waals surface area contributed by atoms with Crippen molar-refractivity contribution in [1.29, 1.82) is 0 Å². The summed E-state index contributed by atoms with van der Waals surface area (Å²) in [5.41, 5.74) is 0.912. The lowest BCUT2D eigenvalue weighted by Gasteiger charge is -2.28. The van der Waals surface area contributed by atoms with Gasteiger partial charge in [0.1, 0.15) is 0 Å². The molecule has 1 aromatic rings. The van der Waals surface area contributed by atoms with E-state index in [0.29, 0.717) is 12.5 Å². The number of hydrogen-bond acceptors (Lipinski definition) is 1. The summed E-state index contributed by atoms with van der Waals surface area (Å²) in [6.07, 6.45) is -5.05. The molecular formula is C15H21BrF3N3. The summed E-state index contributed by atoms with van der Waals surface area (Å²) in [7, 11) is 1.54. The average Bonchev–Trinajstić information content (AvgIpc) is 2.41. The van der Waals surface area contributed by atoms with Gasteiger partial charge in [-0.1, -0.05) is 48.0 Å². The summed E-state index contributed by atoms with van der Waals surface area (Å²) in [5, 5.41) is 5.74. The number of guanidine groups is 1. The zero-order chi connectivity index (χ0) is 16.8. The molecule has 0 saturated heterocycles. The van der Waals surface area contributed by atoms with Gasteiger partial charge in [0.15, 0.2) is 5.96 Å². The standard InChI is InChI=1S/C15H21BrF3N3/c1-14(2,11-6-4-5-7-12(11)16)10-22-13(20-3)21-9-8-15(17,18)19/h4-7H,8-10H2,1-3H3,(H2,20,21,22). The maximum atomic E-state index is 12.1. The van der Waals surface area contributed by atoms with Gasteiger partial charge in [-0.15, -0.1) is 0 Å². The smallest absolute Gasteiger partial charge is 0.356 e. The van der Waals surface area contributed by atoms with E-state index in [-0.39, 0.29) is 12.0 Å². The Bertz CT molecular complexity index is 513. The highest BCUT2D eigenvalue weighted by molar-refractivity contribution is 9.10. The average molecular weight is 380 g/mol. The van der Waals surface area contributed by atoms with Crippen LogP contribution in [-0.2, 0) is 5.41 Å². The minimum absolute atomic E-state index is 0.196. The van der Waals surface area contributed by atoms with Gasteiger partial charge in [-0.2, -0.15) is 13.2 Å². The van der Waals surface area contributed by atoms with Crippen molar-refractivity contribution in [2.75, 3.05) is 20.1 Å². The monoisotopic (exact) mass is 379 g/mol. The Morgan fingerprint density at radius 3 is 2.36 bits per heavy atom. The molecule has 124 valence electrons. The Morgan fingerprint density at radius 2 is 1.82 bits per heavy atom. The largest absolute Gasteiger partial charge is 0.390 e. The highest BCUT2D eigenvalue weighted by Gasteiger charge is 2.27. The topological polar surface area (TPSA) is 36.4 Å². The number of halogens is 4. The zero-order valence-electron chi connectivity index (χ0n) is 12.9. The molecule has 0 bridgehead atoms. The molecule has 3 nitrogen and oxygen atoms in total. The first kappa shape index (κ1) is 18.8. The van der Waals surface area contributed by atoms with Gasteiger partial charge >= 0.3 is 6.18 Å². The number of nitrogens with zero attached hydrogens (tertiary/aromatic N) is 1. The molecule has 1 aromatic carbocycles. The van der Waals surface area contributed by atoms with Crippen LogP contribution in [0.5, 0.6) is 0 Å². The lowest BCUT2D eigenvalue weighted by Crippen LogP contribution is -2.44. The van der Waals surface area contributed by atoms with Crippen LogP contribution >= 0.6 is 15.9 Å². The third kappa shape index (κ3) is 6.25. The minimum Gasteiger partial charge on any atom is -0.356 e. The Balaban J connectivity index is 2.57. The predicted octanol–water partition coefficient (Wildman–Crippen LogP) is 3.84. The second kappa shape index (κ2) is 7.85. The van der Waals surface area contributed by atoms with Gasteiger partial charge in [-0.3, -0.25) is 4.99 Å². The first-order valence-electron chi connectivity index (χ1n) is 6.92. The molecule has 0 aliphatic heterocycles. The maximum Gasteiger partial charge on any atom is 0.390 e. The third-order valence-electron chi connectivity index (χ3n) is 3.23. The Labute approximate surface area is 137 Å². The quantitative estimate of drug-likeness (QED) is 0.602. The minimum atomic E-state index is -4.17. The van der Waals surface area contributed by atoms with Crippen LogP contribution in [0.1, 0.15) is 25.8 Å². The molecule has 1 rings (SSSR count). The molecule has 22 heavy (non-hydrogen) atoms. The van der Waals surface area contributed by atoms with Crippen LogP contribution in [-0.4, -0.2) is 32.3 Å². The van der Waals surface area contributed by atoms with E-state index in [9.17, 15) is 13.2 Å². The van der Waals surface area contributed by atoms with Gasteiger partial charge in [0, 0.05) is 30.0 Å². The fourth-order valence-corrected chi connectivity index (χ4v) is 2.77.